The molecule has 0 fully saturated rings. The van der Waals surface area contributed by atoms with Gasteiger partial charge in [-0.25, -0.2) is 0 Å². The second-order valence-corrected chi connectivity index (χ2v) is 9.86. The largest absolute Gasteiger partial charge is 0.398 e. The summed E-state index contributed by atoms with van der Waals surface area (Å²) in [6, 6.07) is 30.3. The van der Waals surface area contributed by atoms with Crippen LogP contribution in [-0.4, -0.2) is 9.79 Å². The fourth-order valence-corrected chi connectivity index (χ4v) is 5.41. The smallest absolute Gasteiger partial charge is 0.320 e. The van der Waals surface area contributed by atoms with Crippen LogP contribution in [0.1, 0.15) is 16.9 Å². The minimum Gasteiger partial charge on any atom is -0.320 e. The van der Waals surface area contributed by atoms with Gasteiger partial charge in [0.1, 0.15) is 0 Å². The highest BCUT2D eigenvalue weighted by Crippen LogP contribution is 2.49. The van der Waals surface area contributed by atoms with Crippen LogP contribution in [0.25, 0.3) is 27.6 Å². The molecule has 0 aliphatic rings. The average molecular weight is 479 g/mol. The Hall–Kier alpha value is -4.14. The zero-order valence-electron chi connectivity index (χ0n) is 18.6. The maximum Gasteiger partial charge on any atom is 0.398 e. The van der Waals surface area contributed by atoms with Gasteiger partial charge in [0.05, 0.1) is 17.0 Å². The highest BCUT2D eigenvalue weighted by molar-refractivity contribution is 7.51. The normalized spacial score (nSPS) is 12.3. The molecule has 170 valence electrons. The van der Waals surface area contributed by atoms with E-state index in [4.69, 9.17) is 0 Å². The summed E-state index contributed by atoms with van der Waals surface area (Å²) in [6.07, 6.45) is 7.32. The quantitative estimate of drug-likeness (QED) is 0.283. The average Bonchev–Trinajstić information content (AvgIpc) is 2.88. The molecule has 6 nitrogen and oxygen atoms in total. The van der Waals surface area contributed by atoms with Gasteiger partial charge in [-0.2, -0.15) is 14.4 Å². The molecule has 0 amide bonds. The van der Waals surface area contributed by atoms with Gasteiger partial charge >= 0.3 is 7.60 Å². The van der Waals surface area contributed by atoms with Gasteiger partial charge in [-0.1, -0.05) is 48.5 Å². The van der Waals surface area contributed by atoms with Crippen molar-refractivity contribution >= 4 is 18.4 Å². The molecule has 7 heteroatoms. The Labute approximate surface area is 202 Å². The second kappa shape index (κ2) is 9.25. The molecule has 0 spiro atoms. The molecule has 2 aromatic heterocycles. The lowest BCUT2D eigenvalue weighted by Crippen LogP contribution is -2.39. The van der Waals surface area contributed by atoms with E-state index in [9.17, 15) is 19.6 Å². The summed E-state index contributed by atoms with van der Waals surface area (Å²) >= 11 is 0. The molecule has 5 aromatic rings. The van der Waals surface area contributed by atoms with E-state index in [-0.39, 0.29) is 0 Å². The van der Waals surface area contributed by atoms with Crippen molar-refractivity contribution in [2.45, 2.75) is 5.78 Å². The van der Waals surface area contributed by atoms with Gasteiger partial charge in [-0.05, 0) is 23.3 Å². The SMILES string of the molecule is N#Cc1ccc(-[n+]2ccc(-c3cc[n+](C(c4ccccc4)P(=O)(O)O)cc3)cc2)c2ccccc12. The molecule has 0 aliphatic heterocycles. The van der Waals surface area contributed by atoms with Gasteiger partial charge < -0.3 is 9.79 Å². The number of nitrogens with zero attached hydrogens (tertiary/aromatic N) is 3. The van der Waals surface area contributed by atoms with Crippen LogP contribution in [0.5, 0.6) is 0 Å². The number of hydrogen-bond acceptors (Lipinski definition) is 2. The van der Waals surface area contributed by atoms with Gasteiger partial charge in [-0.3, -0.25) is 4.57 Å². The molecule has 0 saturated carbocycles. The van der Waals surface area contributed by atoms with Crippen LogP contribution < -0.4 is 9.13 Å². The number of rotatable bonds is 5. The predicted molar refractivity (Wildman–Crippen MR) is 132 cm³/mol. The van der Waals surface area contributed by atoms with Crippen LogP contribution in [0.4, 0.5) is 0 Å². The van der Waals surface area contributed by atoms with E-state index in [1.54, 1.807) is 41.2 Å². The summed E-state index contributed by atoms with van der Waals surface area (Å²) in [5, 5.41) is 11.3. The van der Waals surface area contributed by atoms with E-state index in [1.807, 2.05) is 83.7 Å². The summed E-state index contributed by atoms with van der Waals surface area (Å²) in [5.41, 5.74) is 4.07. The fourth-order valence-electron chi connectivity index (χ4n) is 4.34. The van der Waals surface area contributed by atoms with Gasteiger partial charge in [0.25, 0.3) is 5.78 Å². The Morgan fingerprint density at radius 1 is 0.714 bits per heavy atom. The van der Waals surface area contributed by atoms with E-state index in [1.165, 1.54) is 0 Å². The van der Waals surface area contributed by atoms with Gasteiger partial charge in [0.15, 0.2) is 24.8 Å². The maximum atomic E-state index is 12.2. The first-order chi connectivity index (χ1) is 17.0. The highest BCUT2D eigenvalue weighted by Gasteiger charge is 2.38. The third-order valence-corrected chi connectivity index (χ3v) is 7.22. The zero-order valence-corrected chi connectivity index (χ0v) is 19.5. The third-order valence-electron chi connectivity index (χ3n) is 6.01. The summed E-state index contributed by atoms with van der Waals surface area (Å²) in [5.74, 6) is -1.08. The molecule has 0 saturated heterocycles. The van der Waals surface area contributed by atoms with Gasteiger partial charge in [0.2, 0.25) is 5.69 Å². The lowest BCUT2D eigenvalue weighted by Gasteiger charge is -2.14. The first-order valence-electron chi connectivity index (χ1n) is 11.0. The lowest BCUT2D eigenvalue weighted by atomic mass is 10.0. The van der Waals surface area contributed by atoms with E-state index >= 15 is 0 Å². The van der Waals surface area contributed by atoms with Crippen LogP contribution in [0.15, 0.2) is 116 Å². The van der Waals surface area contributed by atoms with Crippen LogP contribution in [0.3, 0.4) is 0 Å². The Balaban J connectivity index is 1.47. The van der Waals surface area contributed by atoms with Gasteiger partial charge in [0, 0.05) is 41.3 Å². The summed E-state index contributed by atoms with van der Waals surface area (Å²) in [4.78, 5) is 20.0. The number of benzene rings is 3. The molecule has 2 N–H and O–H groups in total. The Kier molecular flexibility index (Phi) is 5.98. The van der Waals surface area contributed by atoms with Crippen molar-refractivity contribution in [1.82, 2.24) is 0 Å². The van der Waals surface area contributed by atoms with Crippen molar-refractivity contribution in [2.24, 2.45) is 0 Å². The summed E-state index contributed by atoms with van der Waals surface area (Å²) < 4.78 is 15.8. The molecule has 1 unspecified atom stereocenters. The molecule has 2 heterocycles. The monoisotopic (exact) mass is 479 g/mol. The van der Waals surface area contributed by atoms with E-state index < -0.39 is 13.4 Å². The third kappa shape index (κ3) is 4.49. The summed E-state index contributed by atoms with van der Waals surface area (Å²) in [6.45, 7) is 0. The fraction of sp³-hybridized carbons (Fsp3) is 0.0357. The molecule has 35 heavy (non-hydrogen) atoms. The number of nitriles is 1. The highest BCUT2D eigenvalue weighted by atomic mass is 31.2. The zero-order chi connectivity index (χ0) is 24.4. The lowest BCUT2D eigenvalue weighted by molar-refractivity contribution is -0.695. The van der Waals surface area contributed by atoms with Crippen molar-refractivity contribution in [2.75, 3.05) is 0 Å². The minimum atomic E-state index is -4.43. The van der Waals surface area contributed by atoms with Crippen molar-refractivity contribution in [3.8, 4) is 22.9 Å². The van der Waals surface area contributed by atoms with E-state index in [2.05, 4.69) is 6.07 Å². The topological polar surface area (TPSA) is 89.1 Å². The number of fused-ring (bicyclic) bond motifs is 1. The molecule has 3 aromatic carbocycles. The summed E-state index contributed by atoms with van der Waals surface area (Å²) in [7, 11) is -4.43. The van der Waals surface area contributed by atoms with Crippen LogP contribution in [0, 0.1) is 11.3 Å². The molecular formula is C28H22N3O3P+2. The molecule has 0 radical (unpaired) electrons. The standard InChI is InChI=1S/C28H20N3O3P/c29-20-24-10-11-27(26-9-5-4-8-25(24)26)30-16-12-21(13-17-30)22-14-18-31(19-15-22)28(35(32,33)34)23-6-2-1-3-7-23/h1-19,28H/p+2. The van der Waals surface area contributed by atoms with E-state index in [0.717, 1.165) is 27.6 Å². The van der Waals surface area contributed by atoms with Crippen LogP contribution in [-0.2, 0) is 4.57 Å². The van der Waals surface area contributed by atoms with Gasteiger partial charge in [-0.15, -0.1) is 0 Å². The number of hydrogen-bond donors (Lipinski definition) is 2. The first-order valence-corrected chi connectivity index (χ1v) is 12.7. The van der Waals surface area contributed by atoms with E-state index in [0.29, 0.717) is 11.1 Å². The van der Waals surface area contributed by atoms with Crippen LogP contribution >= 0.6 is 7.60 Å². The molecule has 0 aliphatic carbocycles. The molecular weight excluding hydrogens is 457 g/mol. The first kappa shape index (κ1) is 22.6. The molecule has 5 rings (SSSR count). The van der Waals surface area contributed by atoms with Crippen molar-refractivity contribution in [1.29, 1.82) is 5.26 Å². The number of pyridine rings is 2. The van der Waals surface area contributed by atoms with Crippen molar-refractivity contribution in [3.63, 3.8) is 0 Å². The van der Waals surface area contributed by atoms with Crippen LogP contribution in [0.2, 0.25) is 0 Å². The maximum absolute atomic E-state index is 12.2. The predicted octanol–water partition coefficient (Wildman–Crippen LogP) is 4.67. The molecule has 0 bridgehead atoms. The number of aromatic nitrogens is 2. The Morgan fingerprint density at radius 3 is 1.89 bits per heavy atom. The Bertz CT molecular complexity index is 1590. The molecule has 1 atom stereocenters. The second-order valence-electron chi connectivity index (χ2n) is 8.19. The Morgan fingerprint density at radius 2 is 1.29 bits per heavy atom. The van der Waals surface area contributed by atoms with Crippen molar-refractivity contribution in [3.05, 3.63) is 127 Å². The minimum absolute atomic E-state index is 0.550. The van der Waals surface area contributed by atoms with Crippen molar-refractivity contribution < 1.29 is 23.5 Å².